The molecule has 6 heteroatoms. The molecule has 1 aliphatic carbocycles. The number of rotatable bonds is 6. The van der Waals surface area contributed by atoms with E-state index in [0.29, 0.717) is 24.5 Å². The van der Waals surface area contributed by atoms with E-state index in [1.807, 2.05) is 23.1 Å². The van der Waals surface area contributed by atoms with Crippen LogP contribution in [0.2, 0.25) is 0 Å². The van der Waals surface area contributed by atoms with Crippen molar-refractivity contribution in [3.63, 3.8) is 0 Å². The van der Waals surface area contributed by atoms with Crippen molar-refractivity contribution in [3.05, 3.63) is 71.6 Å². The van der Waals surface area contributed by atoms with Crippen molar-refractivity contribution in [2.45, 2.75) is 18.9 Å². The van der Waals surface area contributed by atoms with E-state index in [2.05, 4.69) is 39.5 Å². The van der Waals surface area contributed by atoms with Crippen LogP contribution in [0.3, 0.4) is 0 Å². The molecule has 0 spiro atoms. The number of amides is 2. The molecule has 1 aromatic heterocycles. The number of hydrogen-bond acceptors (Lipinski definition) is 4. The Morgan fingerprint density at radius 2 is 1.69 bits per heavy atom. The molecular weight excluding hydrogens is 364 g/mol. The van der Waals surface area contributed by atoms with Gasteiger partial charge in [0, 0.05) is 38.8 Å². The SMILES string of the molecule is O=C(NC1CC1)c1cccc(C(=O)N2CCN(C/C=C/c3ccccc3)CC2)n1. The summed E-state index contributed by atoms with van der Waals surface area (Å²) in [5, 5.41) is 2.91. The fourth-order valence-corrected chi connectivity index (χ4v) is 3.36. The van der Waals surface area contributed by atoms with Crippen molar-refractivity contribution < 1.29 is 9.59 Å². The predicted octanol–water partition coefficient (Wildman–Crippen LogP) is 2.45. The number of hydrogen-bond donors (Lipinski definition) is 1. The van der Waals surface area contributed by atoms with Crippen LogP contribution in [0.15, 0.2) is 54.6 Å². The van der Waals surface area contributed by atoms with Crippen LogP contribution in [-0.4, -0.2) is 65.4 Å². The lowest BCUT2D eigenvalue weighted by atomic mass is 10.2. The van der Waals surface area contributed by atoms with Gasteiger partial charge >= 0.3 is 0 Å². The first kappa shape index (κ1) is 19.3. The molecule has 0 atom stereocenters. The zero-order chi connectivity index (χ0) is 20.1. The topological polar surface area (TPSA) is 65.5 Å². The number of benzene rings is 1. The molecule has 2 heterocycles. The second-order valence-electron chi connectivity index (χ2n) is 7.56. The molecule has 4 rings (SSSR count). The Labute approximate surface area is 171 Å². The molecule has 1 aliphatic heterocycles. The van der Waals surface area contributed by atoms with Crippen molar-refractivity contribution >= 4 is 17.9 Å². The molecule has 2 fully saturated rings. The molecule has 2 aromatic rings. The molecule has 0 unspecified atom stereocenters. The highest BCUT2D eigenvalue weighted by Gasteiger charge is 2.26. The Morgan fingerprint density at radius 1 is 0.966 bits per heavy atom. The van der Waals surface area contributed by atoms with Crippen LogP contribution in [-0.2, 0) is 0 Å². The Morgan fingerprint density at radius 3 is 2.41 bits per heavy atom. The third kappa shape index (κ3) is 5.29. The number of carbonyl (C=O) groups is 2. The minimum atomic E-state index is -0.197. The average molecular weight is 390 g/mol. The van der Waals surface area contributed by atoms with E-state index in [1.54, 1.807) is 18.2 Å². The number of pyridine rings is 1. The fraction of sp³-hybridized carbons (Fsp3) is 0.348. The number of nitrogens with zero attached hydrogens (tertiary/aromatic N) is 3. The van der Waals surface area contributed by atoms with E-state index in [9.17, 15) is 9.59 Å². The van der Waals surface area contributed by atoms with E-state index >= 15 is 0 Å². The van der Waals surface area contributed by atoms with Crippen molar-refractivity contribution in [3.8, 4) is 0 Å². The Bertz CT molecular complexity index is 885. The van der Waals surface area contributed by atoms with Crippen LogP contribution in [0.25, 0.3) is 6.08 Å². The van der Waals surface area contributed by atoms with Gasteiger partial charge in [-0.05, 0) is 30.5 Å². The van der Waals surface area contributed by atoms with Gasteiger partial charge in [0.2, 0.25) is 0 Å². The summed E-state index contributed by atoms with van der Waals surface area (Å²) in [6, 6.07) is 15.6. The van der Waals surface area contributed by atoms with E-state index in [-0.39, 0.29) is 17.9 Å². The minimum absolute atomic E-state index is 0.106. The van der Waals surface area contributed by atoms with E-state index < -0.39 is 0 Å². The lowest BCUT2D eigenvalue weighted by molar-refractivity contribution is 0.0644. The van der Waals surface area contributed by atoms with Gasteiger partial charge in [-0.2, -0.15) is 0 Å². The van der Waals surface area contributed by atoms with Crippen molar-refractivity contribution in [2.24, 2.45) is 0 Å². The third-order valence-corrected chi connectivity index (χ3v) is 5.25. The monoisotopic (exact) mass is 390 g/mol. The third-order valence-electron chi connectivity index (χ3n) is 5.25. The number of piperazine rings is 1. The molecular formula is C23H26N4O2. The van der Waals surface area contributed by atoms with Crippen LogP contribution < -0.4 is 5.32 Å². The summed E-state index contributed by atoms with van der Waals surface area (Å²) < 4.78 is 0. The average Bonchev–Trinajstić information content (AvgIpc) is 3.58. The van der Waals surface area contributed by atoms with Crippen LogP contribution in [0.4, 0.5) is 0 Å². The maximum atomic E-state index is 12.8. The van der Waals surface area contributed by atoms with Gasteiger partial charge in [-0.3, -0.25) is 14.5 Å². The largest absolute Gasteiger partial charge is 0.348 e. The van der Waals surface area contributed by atoms with Gasteiger partial charge in [0.05, 0.1) is 0 Å². The van der Waals surface area contributed by atoms with Gasteiger partial charge < -0.3 is 10.2 Å². The summed E-state index contributed by atoms with van der Waals surface area (Å²) in [6.07, 6.45) is 6.33. The molecule has 1 saturated heterocycles. The van der Waals surface area contributed by atoms with Crippen molar-refractivity contribution in [2.75, 3.05) is 32.7 Å². The maximum Gasteiger partial charge on any atom is 0.272 e. The summed E-state index contributed by atoms with van der Waals surface area (Å²) in [4.78, 5) is 33.4. The van der Waals surface area contributed by atoms with Crippen molar-refractivity contribution in [1.29, 1.82) is 0 Å². The Balaban J connectivity index is 1.28. The highest BCUT2D eigenvalue weighted by atomic mass is 16.2. The van der Waals surface area contributed by atoms with E-state index in [4.69, 9.17) is 0 Å². The fourth-order valence-electron chi connectivity index (χ4n) is 3.36. The van der Waals surface area contributed by atoms with E-state index in [1.165, 1.54) is 5.56 Å². The van der Waals surface area contributed by atoms with Gasteiger partial charge in [0.25, 0.3) is 11.8 Å². The van der Waals surface area contributed by atoms with Gasteiger partial charge in [-0.15, -0.1) is 0 Å². The molecule has 0 bridgehead atoms. The highest BCUT2D eigenvalue weighted by molar-refractivity contribution is 5.96. The molecule has 6 nitrogen and oxygen atoms in total. The predicted molar refractivity (Wildman–Crippen MR) is 113 cm³/mol. The van der Waals surface area contributed by atoms with Gasteiger partial charge in [-0.1, -0.05) is 48.6 Å². The molecule has 29 heavy (non-hydrogen) atoms. The van der Waals surface area contributed by atoms with Crippen LogP contribution in [0.5, 0.6) is 0 Å². The number of nitrogens with one attached hydrogen (secondary N) is 1. The molecule has 0 radical (unpaired) electrons. The lowest BCUT2D eigenvalue weighted by Gasteiger charge is -2.34. The number of carbonyl (C=O) groups excluding carboxylic acids is 2. The lowest BCUT2D eigenvalue weighted by Crippen LogP contribution is -2.48. The maximum absolute atomic E-state index is 12.8. The van der Waals surface area contributed by atoms with Crippen LogP contribution in [0, 0.1) is 0 Å². The van der Waals surface area contributed by atoms with Crippen LogP contribution in [0.1, 0.15) is 39.4 Å². The first-order chi connectivity index (χ1) is 14.2. The zero-order valence-electron chi connectivity index (χ0n) is 16.5. The molecule has 1 aromatic carbocycles. The standard InChI is InChI=1S/C23H26N4O2/c28-22(24-19-11-12-19)20-9-4-10-21(25-20)23(29)27-16-14-26(15-17-27)13-5-8-18-6-2-1-3-7-18/h1-10,19H,11-17H2,(H,24,28)/b8-5+. The zero-order valence-corrected chi connectivity index (χ0v) is 16.5. The molecule has 2 aliphatic rings. The second kappa shape index (κ2) is 9.01. The molecule has 2 amide bonds. The Kier molecular flexibility index (Phi) is 6.00. The highest BCUT2D eigenvalue weighted by Crippen LogP contribution is 2.19. The summed E-state index contributed by atoms with van der Waals surface area (Å²) in [5.41, 5.74) is 1.84. The molecule has 1 N–H and O–H groups in total. The van der Waals surface area contributed by atoms with E-state index in [0.717, 1.165) is 32.5 Å². The van der Waals surface area contributed by atoms with Crippen LogP contribution >= 0.6 is 0 Å². The smallest absolute Gasteiger partial charge is 0.272 e. The Hall–Kier alpha value is -2.99. The summed E-state index contributed by atoms with van der Waals surface area (Å²) in [6.45, 7) is 3.85. The first-order valence-electron chi connectivity index (χ1n) is 10.2. The molecule has 150 valence electrons. The van der Waals surface area contributed by atoms with Gasteiger partial charge in [-0.25, -0.2) is 4.98 Å². The second-order valence-corrected chi connectivity index (χ2v) is 7.56. The first-order valence-corrected chi connectivity index (χ1v) is 10.2. The molecule has 1 saturated carbocycles. The van der Waals surface area contributed by atoms with Crippen molar-refractivity contribution in [1.82, 2.24) is 20.1 Å². The summed E-state index contributed by atoms with van der Waals surface area (Å²) in [7, 11) is 0. The van der Waals surface area contributed by atoms with Gasteiger partial charge in [0.15, 0.2) is 0 Å². The number of aromatic nitrogens is 1. The summed E-state index contributed by atoms with van der Waals surface area (Å²) >= 11 is 0. The quantitative estimate of drug-likeness (QED) is 0.823. The van der Waals surface area contributed by atoms with Gasteiger partial charge in [0.1, 0.15) is 11.4 Å². The summed E-state index contributed by atoms with van der Waals surface area (Å²) in [5.74, 6) is -0.303. The normalized spacial score (nSPS) is 17.4. The minimum Gasteiger partial charge on any atom is -0.348 e.